The van der Waals surface area contributed by atoms with Gasteiger partial charge in [-0.15, -0.1) is 0 Å². The van der Waals surface area contributed by atoms with Gasteiger partial charge in [-0.3, -0.25) is 5.10 Å². The number of aromatic nitrogens is 4. The summed E-state index contributed by atoms with van der Waals surface area (Å²) < 4.78 is 10.8. The Hall–Kier alpha value is -2.63. The van der Waals surface area contributed by atoms with Gasteiger partial charge in [-0.1, -0.05) is 5.16 Å². The van der Waals surface area contributed by atoms with Crippen molar-refractivity contribution < 1.29 is 9.26 Å². The van der Waals surface area contributed by atoms with Crippen LogP contribution in [0.3, 0.4) is 0 Å². The van der Waals surface area contributed by atoms with Crippen molar-refractivity contribution in [2.45, 2.75) is 20.0 Å². The standard InChI is InChI=1S/C14H14N4O2/c1-9(2)19-11-5-3-10(4-6-11)13-16-14(20-18-13)12-7-8-15-17-12/h3-9H,1-2H3,(H,15,17). The third-order valence-corrected chi connectivity index (χ3v) is 2.64. The highest BCUT2D eigenvalue weighted by atomic mass is 16.5. The molecule has 0 bridgehead atoms. The van der Waals surface area contributed by atoms with Crippen molar-refractivity contribution in [3.05, 3.63) is 36.5 Å². The Morgan fingerprint density at radius 3 is 2.60 bits per heavy atom. The lowest BCUT2D eigenvalue weighted by molar-refractivity contribution is 0.242. The Labute approximate surface area is 115 Å². The van der Waals surface area contributed by atoms with Gasteiger partial charge in [0.15, 0.2) is 0 Å². The Morgan fingerprint density at radius 1 is 1.15 bits per heavy atom. The summed E-state index contributed by atoms with van der Waals surface area (Å²) in [6, 6.07) is 9.36. The largest absolute Gasteiger partial charge is 0.491 e. The fraction of sp³-hybridized carbons (Fsp3) is 0.214. The minimum Gasteiger partial charge on any atom is -0.491 e. The monoisotopic (exact) mass is 270 g/mol. The van der Waals surface area contributed by atoms with Gasteiger partial charge < -0.3 is 9.26 Å². The van der Waals surface area contributed by atoms with Gasteiger partial charge in [0.1, 0.15) is 11.4 Å². The quantitative estimate of drug-likeness (QED) is 0.788. The van der Waals surface area contributed by atoms with Gasteiger partial charge in [-0.2, -0.15) is 10.1 Å². The number of rotatable bonds is 4. The Bertz CT molecular complexity index is 672. The van der Waals surface area contributed by atoms with Crippen LogP contribution in [0.1, 0.15) is 13.8 Å². The summed E-state index contributed by atoms with van der Waals surface area (Å²) in [5, 5.41) is 10.6. The van der Waals surface area contributed by atoms with Crippen LogP contribution in [-0.2, 0) is 0 Å². The van der Waals surface area contributed by atoms with Crippen LogP contribution in [0.4, 0.5) is 0 Å². The normalized spacial score (nSPS) is 10.9. The van der Waals surface area contributed by atoms with Crippen molar-refractivity contribution in [1.82, 2.24) is 20.3 Å². The lowest BCUT2D eigenvalue weighted by atomic mass is 10.2. The molecule has 0 aliphatic carbocycles. The summed E-state index contributed by atoms with van der Waals surface area (Å²) in [4.78, 5) is 4.32. The van der Waals surface area contributed by atoms with E-state index in [-0.39, 0.29) is 6.10 Å². The molecule has 0 atom stereocenters. The third-order valence-electron chi connectivity index (χ3n) is 2.64. The van der Waals surface area contributed by atoms with Crippen molar-refractivity contribution in [1.29, 1.82) is 0 Å². The predicted molar refractivity (Wildman–Crippen MR) is 73.1 cm³/mol. The molecule has 0 amide bonds. The smallest absolute Gasteiger partial charge is 0.276 e. The van der Waals surface area contributed by atoms with Crippen molar-refractivity contribution in [2.75, 3.05) is 0 Å². The highest BCUT2D eigenvalue weighted by Crippen LogP contribution is 2.23. The summed E-state index contributed by atoms with van der Waals surface area (Å²) in [5.41, 5.74) is 1.57. The molecule has 0 aliphatic rings. The second-order valence-electron chi connectivity index (χ2n) is 4.58. The van der Waals surface area contributed by atoms with Crippen LogP contribution >= 0.6 is 0 Å². The van der Waals surface area contributed by atoms with E-state index in [1.165, 1.54) is 0 Å². The molecule has 0 radical (unpaired) electrons. The minimum absolute atomic E-state index is 0.151. The van der Waals surface area contributed by atoms with E-state index in [1.807, 2.05) is 38.1 Å². The molecule has 2 aromatic heterocycles. The van der Waals surface area contributed by atoms with E-state index in [2.05, 4.69) is 20.3 Å². The second-order valence-corrected chi connectivity index (χ2v) is 4.58. The summed E-state index contributed by atoms with van der Waals surface area (Å²) >= 11 is 0. The zero-order valence-electron chi connectivity index (χ0n) is 11.2. The molecule has 20 heavy (non-hydrogen) atoms. The number of nitrogens with zero attached hydrogens (tertiary/aromatic N) is 3. The Morgan fingerprint density at radius 2 is 1.95 bits per heavy atom. The lowest BCUT2D eigenvalue weighted by Crippen LogP contribution is -2.05. The predicted octanol–water partition coefficient (Wildman–Crippen LogP) is 2.91. The minimum atomic E-state index is 0.151. The van der Waals surface area contributed by atoms with Crippen LogP contribution in [0.5, 0.6) is 5.75 Å². The fourth-order valence-corrected chi connectivity index (χ4v) is 1.78. The fourth-order valence-electron chi connectivity index (χ4n) is 1.78. The van der Waals surface area contributed by atoms with Gasteiger partial charge in [-0.25, -0.2) is 0 Å². The second kappa shape index (κ2) is 5.16. The first-order valence-electron chi connectivity index (χ1n) is 6.33. The van der Waals surface area contributed by atoms with Gasteiger partial charge >= 0.3 is 0 Å². The molecule has 3 aromatic rings. The summed E-state index contributed by atoms with van der Waals surface area (Å²) in [6.07, 6.45) is 1.79. The van der Waals surface area contributed by atoms with Crippen LogP contribution in [0, 0.1) is 0 Å². The number of aromatic amines is 1. The molecular formula is C14H14N4O2. The van der Waals surface area contributed by atoms with Crippen LogP contribution in [-0.4, -0.2) is 26.4 Å². The summed E-state index contributed by atoms with van der Waals surface area (Å²) in [7, 11) is 0. The van der Waals surface area contributed by atoms with Gasteiger partial charge in [0, 0.05) is 11.8 Å². The molecule has 1 N–H and O–H groups in total. The van der Waals surface area contributed by atoms with Gasteiger partial charge in [0.2, 0.25) is 5.82 Å². The van der Waals surface area contributed by atoms with Crippen LogP contribution in [0.15, 0.2) is 41.1 Å². The van der Waals surface area contributed by atoms with E-state index in [0.29, 0.717) is 17.4 Å². The van der Waals surface area contributed by atoms with E-state index in [1.54, 1.807) is 12.3 Å². The zero-order valence-corrected chi connectivity index (χ0v) is 11.2. The summed E-state index contributed by atoms with van der Waals surface area (Å²) in [6.45, 7) is 3.98. The molecule has 0 aliphatic heterocycles. The molecule has 0 saturated carbocycles. The first-order chi connectivity index (χ1) is 9.72. The van der Waals surface area contributed by atoms with E-state index < -0.39 is 0 Å². The van der Waals surface area contributed by atoms with E-state index in [9.17, 15) is 0 Å². The van der Waals surface area contributed by atoms with Crippen molar-refractivity contribution in [3.63, 3.8) is 0 Å². The Kier molecular flexibility index (Phi) is 3.20. The number of hydrogen-bond donors (Lipinski definition) is 1. The molecule has 6 heteroatoms. The van der Waals surface area contributed by atoms with Crippen LogP contribution < -0.4 is 4.74 Å². The van der Waals surface area contributed by atoms with Gasteiger partial charge in [0.05, 0.1) is 6.10 Å². The first kappa shape index (κ1) is 12.4. The topological polar surface area (TPSA) is 76.8 Å². The molecule has 102 valence electrons. The maximum Gasteiger partial charge on any atom is 0.276 e. The first-order valence-corrected chi connectivity index (χ1v) is 6.33. The Balaban J connectivity index is 1.83. The molecular weight excluding hydrogens is 256 g/mol. The highest BCUT2D eigenvalue weighted by molar-refractivity contribution is 5.58. The number of hydrogen-bond acceptors (Lipinski definition) is 5. The lowest BCUT2D eigenvalue weighted by Gasteiger charge is -2.09. The molecule has 0 fully saturated rings. The van der Waals surface area contributed by atoms with Crippen LogP contribution in [0.2, 0.25) is 0 Å². The number of ether oxygens (including phenoxy) is 1. The SMILES string of the molecule is CC(C)Oc1ccc(-c2noc(-c3ccn[nH]3)n2)cc1. The maximum absolute atomic E-state index is 5.59. The van der Waals surface area contributed by atoms with Crippen molar-refractivity contribution in [2.24, 2.45) is 0 Å². The maximum atomic E-state index is 5.59. The average molecular weight is 270 g/mol. The number of benzene rings is 1. The summed E-state index contributed by atoms with van der Waals surface area (Å²) in [5.74, 6) is 1.77. The third kappa shape index (κ3) is 2.54. The molecule has 1 aromatic carbocycles. The van der Waals surface area contributed by atoms with Gasteiger partial charge in [0.25, 0.3) is 5.89 Å². The molecule has 0 saturated heterocycles. The van der Waals surface area contributed by atoms with Gasteiger partial charge in [-0.05, 0) is 44.2 Å². The van der Waals surface area contributed by atoms with E-state index >= 15 is 0 Å². The number of H-pyrrole nitrogens is 1. The van der Waals surface area contributed by atoms with E-state index in [0.717, 1.165) is 11.3 Å². The van der Waals surface area contributed by atoms with E-state index in [4.69, 9.17) is 9.26 Å². The van der Waals surface area contributed by atoms with Crippen LogP contribution in [0.25, 0.3) is 23.0 Å². The molecule has 3 rings (SSSR count). The molecule has 0 spiro atoms. The molecule has 6 nitrogen and oxygen atoms in total. The average Bonchev–Trinajstić information content (AvgIpc) is 3.10. The van der Waals surface area contributed by atoms with Crippen molar-refractivity contribution in [3.8, 4) is 28.7 Å². The van der Waals surface area contributed by atoms with Crippen molar-refractivity contribution >= 4 is 0 Å². The molecule has 0 unspecified atom stereocenters. The zero-order chi connectivity index (χ0) is 13.9. The molecule has 2 heterocycles. The number of nitrogens with one attached hydrogen (secondary N) is 1. The highest BCUT2D eigenvalue weighted by Gasteiger charge is 2.11.